The Bertz CT molecular complexity index is 262. The van der Waals surface area contributed by atoms with Crippen LogP contribution < -0.4 is 10.6 Å². The zero-order valence-corrected chi connectivity index (χ0v) is 10.6. The van der Waals surface area contributed by atoms with Crippen LogP contribution in [-0.2, 0) is 9.59 Å². The summed E-state index contributed by atoms with van der Waals surface area (Å²) in [6, 6.07) is -0.842. The SMILES string of the molecule is CCNC(C)(C)C(=O)NC(C(=O)O)C(C)C. The first-order valence-corrected chi connectivity index (χ1v) is 5.51. The summed E-state index contributed by atoms with van der Waals surface area (Å²) in [7, 11) is 0. The molecule has 0 aliphatic heterocycles. The van der Waals surface area contributed by atoms with Crippen molar-refractivity contribution in [1.82, 2.24) is 10.6 Å². The normalized spacial score (nSPS) is 13.6. The number of carboxylic acid groups (broad SMARTS) is 1. The van der Waals surface area contributed by atoms with Crippen LogP contribution in [0.25, 0.3) is 0 Å². The van der Waals surface area contributed by atoms with Crippen molar-refractivity contribution < 1.29 is 14.7 Å². The van der Waals surface area contributed by atoms with Gasteiger partial charge < -0.3 is 15.7 Å². The second kappa shape index (κ2) is 5.84. The van der Waals surface area contributed by atoms with Crippen LogP contribution in [0.1, 0.15) is 34.6 Å². The molecule has 5 nitrogen and oxygen atoms in total. The third-order valence-corrected chi connectivity index (χ3v) is 2.41. The van der Waals surface area contributed by atoms with E-state index in [0.29, 0.717) is 6.54 Å². The summed E-state index contributed by atoms with van der Waals surface area (Å²) in [5.74, 6) is -1.44. The number of carbonyl (C=O) groups excluding carboxylic acids is 1. The van der Waals surface area contributed by atoms with E-state index < -0.39 is 17.6 Å². The maximum atomic E-state index is 11.8. The van der Waals surface area contributed by atoms with Crippen LogP contribution in [0.5, 0.6) is 0 Å². The summed E-state index contributed by atoms with van der Waals surface area (Å²) in [6.45, 7) is 9.53. The third-order valence-electron chi connectivity index (χ3n) is 2.41. The van der Waals surface area contributed by atoms with Gasteiger partial charge in [-0.15, -0.1) is 0 Å². The Balaban J connectivity index is 4.58. The molecule has 3 N–H and O–H groups in total. The van der Waals surface area contributed by atoms with Gasteiger partial charge in [0, 0.05) is 0 Å². The molecule has 0 aliphatic rings. The first-order chi connectivity index (χ1) is 7.22. The molecule has 0 aromatic heterocycles. The van der Waals surface area contributed by atoms with Gasteiger partial charge in [-0.3, -0.25) is 4.79 Å². The lowest BCUT2D eigenvalue weighted by Gasteiger charge is -2.27. The molecule has 0 rings (SSSR count). The zero-order valence-electron chi connectivity index (χ0n) is 10.6. The smallest absolute Gasteiger partial charge is 0.326 e. The molecule has 0 saturated carbocycles. The summed E-state index contributed by atoms with van der Waals surface area (Å²) in [4.78, 5) is 22.8. The monoisotopic (exact) mass is 230 g/mol. The molecule has 1 amide bonds. The average molecular weight is 230 g/mol. The van der Waals surface area contributed by atoms with Crippen molar-refractivity contribution in [2.24, 2.45) is 5.92 Å². The van der Waals surface area contributed by atoms with Crippen molar-refractivity contribution in [3.8, 4) is 0 Å². The summed E-state index contributed by atoms with van der Waals surface area (Å²) in [5, 5.41) is 14.5. The molecule has 0 aromatic rings. The van der Waals surface area contributed by atoms with Gasteiger partial charge in [-0.2, -0.15) is 0 Å². The molecule has 0 saturated heterocycles. The minimum atomic E-state index is -1.00. The summed E-state index contributed by atoms with van der Waals surface area (Å²) >= 11 is 0. The second-order valence-electron chi connectivity index (χ2n) is 4.69. The van der Waals surface area contributed by atoms with E-state index in [1.807, 2.05) is 6.92 Å². The third kappa shape index (κ3) is 4.18. The average Bonchev–Trinajstić information content (AvgIpc) is 2.12. The van der Waals surface area contributed by atoms with E-state index in [4.69, 9.17) is 5.11 Å². The Kier molecular flexibility index (Phi) is 5.44. The predicted octanol–water partition coefficient (Wildman–Crippen LogP) is 0.600. The van der Waals surface area contributed by atoms with E-state index >= 15 is 0 Å². The fourth-order valence-electron chi connectivity index (χ4n) is 1.36. The predicted molar refractivity (Wildman–Crippen MR) is 62.2 cm³/mol. The van der Waals surface area contributed by atoms with E-state index in [1.54, 1.807) is 27.7 Å². The lowest BCUT2D eigenvalue weighted by Crippen LogP contribution is -2.57. The Hall–Kier alpha value is -1.10. The number of rotatable bonds is 6. The zero-order chi connectivity index (χ0) is 12.9. The lowest BCUT2D eigenvalue weighted by atomic mass is 10.00. The van der Waals surface area contributed by atoms with Gasteiger partial charge in [-0.25, -0.2) is 4.79 Å². The quantitative estimate of drug-likeness (QED) is 0.624. The highest BCUT2D eigenvalue weighted by atomic mass is 16.4. The minimum Gasteiger partial charge on any atom is -0.480 e. The summed E-state index contributed by atoms with van der Waals surface area (Å²) in [5.41, 5.74) is -0.753. The second-order valence-corrected chi connectivity index (χ2v) is 4.69. The minimum absolute atomic E-state index is 0.140. The number of nitrogens with one attached hydrogen (secondary N) is 2. The Morgan fingerprint density at radius 2 is 1.81 bits per heavy atom. The number of hydrogen-bond acceptors (Lipinski definition) is 3. The van der Waals surface area contributed by atoms with E-state index in [1.165, 1.54) is 0 Å². The van der Waals surface area contributed by atoms with Crippen LogP contribution in [0, 0.1) is 5.92 Å². The topological polar surface area (TPSA) is 78.4 Å². The van der Waals surface area contributed by atoms with Crippen molar-refractivity contribution in [2.45, 2.75) is 46.2 Å². The van der Waals surface area contributed by atoms with Gasteiger partial charge in [0.2, 0.25) is 5.91 Å². The van der Waals surface area contributed by atoms with Crippen LogP contribution >= 0.6 is 0 Å². The fourth-order valence-corrected chi connectivity index (χ4v) is 1.36. The van der Waals surface area contributed by atoms with Crippen molar-refractivity contribution >= 4 is 11.9 Å². The van der Waals surface area contributed by atoms with Gasteiger partial charge >= 0.3 is 5.97 Å². The highest BCUT2D eigenvalue weighted by molar-refractivity contribution is 5.89. The molecule has 0 fully saturated rings. The molecule has 0 heterocycles. The Morgan fingerprint density at radius 3 is 2.12 bits per heavy atom. The van der Waals surface area contributed by atoms with Crippen molar-refractivity contribution in [3.05, 3.63) is 0 Å². The molecule has 0 aliphatic carbocycles. The van der Waals surface area contributed by atoms with Gasteiger partial charge in [0.1, 0.15) is 6.04 Å². The molecule has 0 aromatic carbocycles. The van der Waals surface area contributed by atoms with Crippen LogP contribution in [-0.4, -0.2) is 35.1 Å². The van der Waals surface area contributed by atoms with Crippen LogP contribution in [0.15, 0.2) is 0 Å². The molecular weight excluding hydrogens is 208 g/mol. The highest BCUT2D eigenvalue weighted by Crippen LogP contribution is 2.06. The van der Waals surface area contributed by atoms with Crippen LogP contribution in [0.3, 0.4) is 0 Å². The van der Waals surface area contributed by atoms with Gasteiger partial charge in [0.05, 0.1) is 5.54 Å². The van der Waals surface area contributed by atoms with Gasteiger partial charge in [-0.1, -0.05) is 20.8 Å². The number of aliphatic carboxylic acids is 1. The van der Waals surface area contributed by atoms with Crippen LogP contribution in [0.2, 0.25) is 0 Å². The van der Waals surface area contributed by atoms with Crippen molar-refractivity contribution in [3.63, 3.8) is 0 Å². The van der Waals surface area contributed by atoms with E-state index in [2.05, 4.69) is 10.6 Å². The van der Waals surface area contributed by atoms with Gasteiger partial charge in [-0.05, 0) is 26.3 Å². The largest absolute Gasteiger partial charge is 0.480 e. The van der Waals surface area contributed by atoms with E-state index in [9.17, 15) is 9.59 Å². The molecule has 1 atom stereocenters. The van der Waals surface area contributed by atoms with Gasteiger partial charge in [0.15, 0.2) is 0 Å². The number of carbonyl (C=O) groups is 2. The molecule has 5 heteroatoms. The van der Waals surface area contributed by atoms with E-state index in [-0.39, 0.29) is 11.8 Å². The number of amides is 1. The molecule has 16 heavy (non-hydrogen) atoms. The summed E-state index contributed by atoms with van der Waals surface area (Å²) in [6.07, 6.45) is 0. The maximum absolute atomic E-state index is 11.8. The van der Waals surface area contributed by atoms with Crippen LogP contribution in [0.4, 0.5) is 0 Å². The number of carboxylic acids is 1. The fraction of sp³-hybridized carbons (Fsp3) is 0.818. The number of likely N-dealkylation sites (N-methyl/N-ethyl adjacent to an activating group) is 1. The molecule has 1 unspecified atom stereocenters. The first-order valence-electron chi connectivity index (χ1n) is 5.51. The Morgan fingerprint density at radius 1 is 1.31 bits per heavy atom. The molecule has 0 spiro atoms. The number of hydrogen-bond donors (Lipinski definition) is 3. The Labute approximate surface area is 96.6 Å². The van der Waals surface area contributed by atoms with Crippen molar-refractivity contribution in [1.29, 1.82) is 0 Å². The highest BCUT2D eigenvalue weighted by Gasteiger charge is 2.31. The standard InChI is InChI=1S/C11H22N2O3/c1-6-12-11(4,5)10(16)13-8(7(2)3)9(14)15/h7-8,12H,6H2,1-5H3,(H,13,16)(H,14,15). The van der Waals surface area contributed by atoms with Crippen molar-refractivity contribution in [2.75, 3.05) is 6.54 Å². The molecule has 94 valence electrons. The van der Waals surface area contributed by atoms with E-state index in [0.717, 1.165) is 0 Å². The first kappa shape index (κ1) is 14.9. The molecule has 0 bridgehead atoms. The van der Waals surface area contributed by atoms with Gasteiger partial charge in [0.25, 0.3) is 0 Å². The summed E-state index contributed by atoms with van der Waals surface area (Å²) < 4.78 is 0. The molecule has 0 radical (unpaired) electrons. The maximum Gasteiger partial charge on any atom is 0.326 e. The lowest BCUT2D eigenvalue weighted by molar-refractivity contribution is -0.144. The molecular formula is C11H22N2O3.